The van der Waals surface area contributed by atoms with Gasteiger partial charge in [0.2, 0.25) is 5.28 Å². The van der Waals surface area contributed by atoms with E-state index in [0.717, 1.165) is 0 Å². The lowest BCUT2D eigenvalue weighted by Gasteiger charge is -2.03. The van der Waals surface area contributed by atoms with Gasteiger partial charge >= 0.3 is 5.69 Å². The van der Waals surface area contributed by atoms with E-state index in [0.29, 0.717) is 5.57 Å². The molecule has 0 fully saturated rings. The van der Waals surface area contributed by atoms with Crippen LogP contribution in [0.5, 0.6) is 0 Å². The molecule has 0 spiro atoms. The van der Waals surface area contributed by atoms with Gasteiger partial charge in [0.25, 0.3) is 0 Å². The Morgan fingerprint density at radius 3 is 2.57 bits per heavy atom. The molecule has 0 radical (unpaired) electrons. The van der Waals surface area contributed by atoms with Crippen molar-refractivity contribution < 1.29 is 4.92 Å². The van der Waals surface area contributed by atoms with Crippen molar-refractivity contribution in [3.05, 3.63) is 33.4 Å². The Hall–Kier alpha value is -1.49. The highest BCUT2D eigenvalue weighted by Gasteiger charge is 2.21. The summed E-state index contributed by atoms with van der Waals surface area (Å²) < 4.78 is 0. The van der Waals surface area contributed by atoms with E-state index in [-0.39, 0.29) is 22.4 Å². The van der Waals surface area contributed by atoms with Crippen molar-refractivity contribution in [2.24, 2.45) is 0 Å². The minimum absolute atomic E-state index is 0.00824. The first-order valence-corrected chi connectivity index (χ1v) is 4.15. The highest BCUT2D eigenvalue weighted by molar-refractivity contribution is 6.28. The molecule has 0 saturated carbocycles. The number of aromatic nitrogens is 2. The van der Waals surface area contributed by atoms with E-state index in [1.54, 1.807) is 6.92 Å². The van der Waals surface area contributed by atoms with Crippen LogP contribution >= 0.6 is 11.6 Å². The average molecular weight is 214 g/mol. The van der Waals surface area contributed by atoms with E-state index >= 15 is 0 Å². The molecule has 0 bridgehead atoms. The zero-order chi connectivity index (χ0) is 10.9. The molecule has 0 aromatic carbocycles. The van der Waals surface area contributed by atoms with Gasteiger partial charge in [-0.25, -0.2) is 9.97 Å². The first-order chi connectivity index (χ1) is 6.43. The number of nitro groups is 1. The summed E-state index contributed by atoms with van der Waals surface area (Å²) in [6.45, 7) is 6.74. The quantitative estimate of drug-likeness (QED) is 0.430. The molecule has 0 amide bonds. The number of hydrogen-bond donors (Lipinski definition) is 0. The SMILES string of the molecule is C=C(C)c1nc(Cl)nc(C)c1[N+](=O)[O-]. The summed E-state index contributed by atoms with van der Waals surface area (Å²) >= 11 is 5.58. The van der Waals surface area contributed by atoms with Crippen LogP contribution < -0.4 is 0 Å². The van der Waals surface area contributed by atoms with E-state index in [9.17, 15) is 10.1 Å². The molecule has 0 aliphatic rings. The molecule has 0 aliphatic carbocycles. The Morgan fingerprint density at radius 1 is 1.57 bits per heavy atom. The smallest absolute Gasteiger partial charge is 0.258 e. The number of halogens is 1. The second-order valence-electron chi connectivity index (χ2n) is 2.81. The third-order valence-electron chi connectivity index (χ3n) is 1.62. The van der Waals surface area contributed by atoms with Gasteiger partial charge in [-0.2, -0.15) is 0 Å². The van der Waals surface area contributed by atoms with Gasteiger partial charge in [0.05, 0.1) is 4.92 Å². The first kappa shape index (κ1) is 10.6. The largest absolute Gasteiger partial charge is 0.316 e. The fraction of sp³-hybridized carbons (Fsp3) is 0.250. The van der Waals surface area contributed by atoms with Crippen LogP contribution in [0.4, 0.5) is 5.69 Å². The number of allylic oxidation sites excluding steroid dienone is 1. The summed E-state index contributed by atoms with van der Waals surface area (Å²) in [6, 6.07) is 0. The number of aryl methyl sites for hydroxylation is 1. The van der Waals surface area contributed by atoms with Crippen molar-refractivity contribution in [1.82, 2.24) is 9.97 Å². The molecule has 1 rings (SSSR count). The molecule has 14 heavy (non-hydrogen) atoms. The van der Waals surface area contributed by atoms with Gasteiger partial charge in [-0.1, -0.05) is 6.58 Å². The van der Waals surface area contributed by atoms with Gasteiger partial charge in [0, 0.05) is 0 Å². The fourth-order valence-corrected chi connectivity index (χ4v) is 1.26. The van der Waals surface area contributed by atoms with Crippen molar-refractivity contribution in [2.75, 3.05) is 0 Å². The minimum atomic E-state index is -0.532. The van der Waals surface area contributed by atoms with Crippen LogP contribution in [0.2, 0.25) is 5.28 Å². The molecule has 1 aromatic rings. The second kappa shape index (κ2) is 3.71. The Kier molecular flexibility index (Phi) is 2.81. The van der Waals surface area contributed by atoms with Gasteiger partial charge in [-0.3, -0.25) is 10.1 Å². The average Bonchev–Trinajstić information content (AvgIpc) is 2.01. The molecular formula is C8H8ClN3O2. The van der Waals surface area contributed by atoms with Crippen LogP contribution in [0.15, 0.2) is 6.58 Å². The standard InChI is InChI=1S/C8H8ClN3O2/c1-4(2)6-7(12(13)14)5(3)10-8(9)11-6/h1H2,2-3H3. The third kappa shape index (κ3) is 1.88. The Morgan fingerprint density at radius 2 is 2.14 bits per heavy atom. The van der Waals surface area contributed by atoms with Crippen molar-refractivity contribution in [1.29, 1.82) is 0 Å². The molecule has 0 unspecified atom stereocenters. The molecule has 6 heteroatoms. The van der Waals surface area contributed by atoms with Crippen molar-refractivity contribution in [2.45, 2.75) is 13.8 Å². The molecule has 0 saturated heterocycles. The normalized spacial score (nSPS) is 9.93. The van der Waals surface area contributed by atoms with E-state index in [1.165, 1.54) is 6.92 Å². The molecule has 5 nitrogen and oxygen atoms in total. The highest BCUT2D eigenvalue weighted by Crippen LogP contribution is 2.26. The maximum Gasteiger partial charge on any atom is 0.316 e. The molecular weight excluding hydrogens is 206 g/mol. The molecule has 0 atom stereocenters. The lowest BCUT2D eigenvalue weighted by molar-refractivity contribution is -0.386. The lowest BCUT2D eigenvalue weighted by atomic mass is 10.2. The van der Waals surface area contributed by atoms with Crippen LogP contribution in [-0.2, 0) is 0 Å². The maximum atomic E-state index is 10.7. The Balaban J connectivity index is 3.52. The Labute approximate surface area is 85.6 Å². The minimum Gasteiger partial charge on any atom is -0.258 e. The summed E-state index contributed by atoms with van der Waals surface area (Å²) in [6.07, 6.45) is 0. The fourth-order valence-electron chi connectivity index (χ4n) is 1.05. The monoisotopic (exact) mass is 213 g/mol. The van der Waals surface area contributed by atoms with Crippen molar-refractivity contribution in [3.63, 3.8) is 0 Å². The predicted molar refractivity (Wildman–Crippen MR) is 53.1 cm³/mol. The number of rotatable bonds is 2. The van der Waals surface area contributed by atoms with Gasteiger partial charge < -0.3 is 0 Å². The summed E-state index contributed by atoms with van der Waals surface area (Å²) in [5.41, 5.74) is 0.784. The number of hydrogen-bond acceptors (Lipinski definition) is 4. The Bertz CT molecular complexity index is 417. The van der Waals surface area contributed by atoms with Gasteiger partial charge in [0.15, 0.2) is 0 Å². The van der Waals surface area contributed by atoms with Crippen molar-refractivity contribution in [3.8, 4) is 0 Å². The topological polar surface area (TPSA) is 68.9 Å². The van der Waals surface area contributed by atoms with Crippen LogP contribution in [0, 0.1) is 17.0 Å². The van der Waals surface area contributed by atoms with Crippen LogP contribution in [-0.4, -0.2) is 14.9 Å². The van der Waals surface area contributed by atoms with E-state index in [1.807, 2.05) is 0 Å². The van der Waals surface area contributed by atoms with E-state index in [2.05, 4.69) is 16.5 Å². The van der Waals surface area contributed by atoms with Gasteiger partial charge in [-0.15, -0.1) is 0 Å². The predicted octanol–water partition coefficient (Wildman–Crippen LogP) is 2.38. The van der Waals surface area contributed by atoms with E-state index in [4.69, 9.17) is 11.6 Å². The zero-order valence-corrected chi connectivity index (χ0v) is 8.50. The second-order valence-corrected chi connectivity index (χ2v) is 3.15. The lowest BCUT2D eigenvalue weighted by Crippen LogP contribution is -2.02. The van der Waals surface area contributed by atoms with E-state index < -0.39 is 4.92 Å². The third-order valence-corrected chi connectivity index (χ3v) is 1.79. The maximum absolute atomic E-state index is 10.7. The summed E-state index contributed by atoms with van der Waals surface area (Å²) in [7, 11) is 0. The zero-order valence-electron chi connectivity index (χ0n) is 7.74. The van der Waals surface area contributed by atoms with Gasteiger partial charge in [0.1, 0.15) is 11.4 Å². The first-order valence-electron chi connectivity index (χ1n) is 3.78. The molecule has 1 aromatic heterocycles. The molecule has 74 valence electrons. The summed E-state index contributed by atoms with van der Waals surface area (Å²) in [5, 5.41) is 10.7. The number of nitrogens with zero attached hydrogens (tertiary/aromatic N) is 3. The summed E-state index contributed by atoms with van der Waals surface area (Å²) in [5.74, 6) is 0. The van der Waals surface area contributed by atoms with Crippen molar-refractivity contribution >= 4 is 22.9 Å². The molecule has 1 heterocycles. The summed E-state index contributed by atoms with van der Waals surface area (Å²) in [4.78, 5) is 17.6. The highest BCUT2D eigenvalue weighted by atomic mass is 35.5. The van der Waals surface area contributed by atoms with Crippen LogP contribution in [0.1, 0.15) is 18.3 Å². The van der Waals surface area contributed by atoms with Crippen LogP contribution in [0.3, 0.4) is 0 Å². The molecule has 0 N–H and O–H groups in total. The van der Waals surface area contributed by atoms with Crippen LogP contribution in [0.25, 0.3) is 5.57 Å². The van der Waals surface area contributed by atoms with Gasteiger partial charge in [-0.05, 0) is 31.0 Å². The molecule has 0 aliphatic heterocycles.